The van der Waals surface area contributed by atoms with Gasteiger partial charge in [-0.25, -0.2) is 15.6 Å². The molecule has 13 heteroatoms. The highest BCUT2D eigenvalue weighted by Gasteiger charge is 2.72. The zero-order valence-electron chi connectivity index (χ0n) is 25.6. The minimum absolute atomic E-state index is 0.00209. The Morgan fingerprint density at radius 1 is 1.22 bits per heavy atom. The minimum atomic E-state index is -1.80. The van der Waals surface area contributed by atoms with Crippen LogP contribution < -0.4 is 21.8 Å². The largest absolute Gasteiger partial charge is 0.474 e. The molecule has 2 fully saturated rings. The number of carboxylic acids is 1. The Morgan fingerprint density at radius 3 is 2.40 bits per heavy atom. The molecule has 0 radical (unpaired) electrons. The van der Waals surface area contributed by atoms with E-state index in [1.807, 2.05) is 27.7 Å². The molecule has 1 amide bonds. The van der Waals surface area contributed by atoms with Crippen LogP contribution in [0.3, 0.4) is 0 Å². The topological polar surface area (TPSA) is 198 Å². The molecule has 1 aromatic carbocycles. The number of nitrogens with zero attached hydrogens (tertiary/aromatic N) is 6. The molecule has 0 unspecified atom stereocenters. The normalized spacial score (nSPS) is 19.8. The average molecular weight is 612 g/mol. The number of hydrazine groups is 1. The summed E-state index contributed by atoms with van der Waals surface area (Å²) < 4.78 is 14.1. The first-order valence-electron chi connectivity index (χ1n) is 14.4. The van der Waals surface area contributed by atoms with Crippen molar-refractivity contribution in [3.8, 4) is 12.1 Å². The summed E-state index contributed by atoms with van der Waals surface area (Å²) in [7, 11) is 0. The SMILES string of the molecule is Cc1nc(F)ccc1[C@@H](/C(N)=C/N(N)C12CC1C2)N(C(=O)C(=O)O)c1cc(C#N)c2ncc(C#N)c(N[C@H](C)C(C)(C)C)c2c1. The number of amides is 1. The number of anilines is 2. The van der Waals surface area contributed by atoms with Gasteiger partial charge in [-0.15, -0.1) is 0 Å². The number of aliphatic carboxylic acids is 1. The van der Waals surface area contributed by atoms with Gasteiger partial charge in [-0.3, -0.25) is 14.7 Å². The van der Waals surface area contributed by atoms with Crippen molar-refractivity contribution >= 4 is 34.2 Å². The number of nitrogens with one attached hydrogen (secondary N) is 1. The molecule has 0 aliphatic heterocycles. The predicted octanol–water partition coefficient (Wildman–Crippen LogP) is 3.96. The maximum Gasteiger partial charge on any atom is 0.395 e. The van der Waals surface area contributed by atoms with Crippen LogP contribution in [0, 0.1) is 46.9 Å². The molecule has 2 atom stereocenters. The van der Waals surface area contributed by atoms with E-state index >= 15 is 0 Å². The Kier molecular flexibility index (Phi) is 7.63. The van der Waals surface area contributed by atoms with Crippen LogP contribution in [-0.2, 0) is 9.59 Å². The van der Waals surface area contributed by atoms with E-state index in [0.717, 1.165) is 23.8 Å². The van der Waals surface area contributed by atoms with Crippen molar-refractivity contribution in [2.75, 3.05) is 10.2 Å². The van der Waals surface area contributed by atoms with E-state index in [4.69, 9.17) is 11.6 Å². The molecule has 6 N–H and O–H groups in total. The number of fused-ring (bicyclic) bond motifs is 2. The first-order valence-corrected chi connectivity index (χ1v) is 14.4. The third kappa shape index (κ3) is 5.58. The molecule has 0 bridgehead atoms. The van der Waals surface area contributed by atoms with E-state index in [1.165, 1.54) is 42.5 Å². The van der Waals surface area contributed by atoms with E-state index in [1.54, 1.807) is 0 Å². The zero-order valence-corrected chi connectivity index (χ0v) is 25.6. The van der Waals surface area contributed by atoms with Crippen LogP contribution in [0.25, 0.3) is 10.9 Å². The number of carboxylic acid groups (broad SMARTS) is 1. The van der Waals surface area contributed by atoms with E-state index in [2.05, 4.69) is 27.4 Å². The highest BCUT2D eigenvalue weighted by atomic mass is 19.1. The lowest BCUT2D eigenvalue weighted by atomic mass is 9.87. The van der Waals surface area contributed by atoms with Gasteiger partial charge >= 0.3 is 11.9 Å². The van der Waals surface area contributed by atoms with Crippen LogP contribution in [-0.4, -0.2) is 43.5 Å². The van der Waals surface area contributed by atoms with Crippen molar-refractivity contribution in [1.29, 1.82) is 10.5 Å². The first-order chi connectivity index (χ1) is 21.1. The fraction of sp³-hybridized carbons (Fsp3) is 0.375. The third-order valence-electron chi connectivity index (χ3n) is 8.94. The minimum Gasteiger partial charge on any atom is -0.474 e. The molecule has 45 heavy (non-hydrogen) atoms. The number of nitrogens with two attached hydrogens (primary N) is 2. The first kappa shape index (κ1) is 31.2. The van der Waals surface area contributed by atoms with Gasteiger partial charge in [-0.2, -0.15) is 14.9 Å². The summed E-state index contributed by atoms with van der Waals surface area (Å²) in [5, 5.41) is 35.3. The van der Waals surface area contributed by atoms with Crippen molar-refractivity contribution in [3.05, 3.63) is 70.7 Å². The van der Waals surface area contributed by atoms with Crippen LogP contribution in [0.4, 0.5) is 15.8 Å². The Bertz CT molecular complexity index is 1850. The average Bonchev–Trinajstić information content (AvgIpc) is 3.86. The Hall–Kier alpha value is -5.27. The highest BCUT2D eigenvalue weighted by molar-refractivity contribution is 6.37. The van der Waals surface area contributed by atoms with Crippen LogP contribution in [0.15, 0.2) is 42.4 Å². The van der Waals surface area contributed by atoms with Crippen molar-refractivity contribution in [1.82, 2.24) is 15.0 Å². The fourth-order valence-electron chi connectivity index (χ4n) is 5.43. The molecule has 0 saturated heterocycles. The molecule has 2 aliphatic carbocycles. The van der Waals surface area contributed by atoms with Crippen molar-refractivity contribution in [2.45, 2.75) is 65.1 Å². The van der Waals surface area contributed by atoms with Crippen LogP contribution in [0.1, 0.15) is 69.0 Å². The summed E-state index contributed by atoms with van der Waals surface area (Å²) in [4.78, 5) is 35.2. The van der Waals surface area contributed by atoms with Crippen molar-refractivity contribution in [3.63, 3.8) is 0 Å². The maximum atomic E-state index is 14.1. The van der Waals surface area contributed by atoms with Gasteiger partial charge in [0.2, 0.25) is 5.95 Å². The number of hydrogen-bond donors (Lipinski definition) is 4. The number of carbonyl (C=O) groups is 2. The third-order valence-corrected chi connectivity index (χ3v) is 8.94. The molecule has 3 aromatic rings. The lowest BCUT2D eigenvalue weighted by molar-refractivity contribution is -0.149. The van der Waals surface area contributed by atoms with Crippen LogP contribution in [0.2, 0.25) is 0 Å². The highest BCUT2D eigenvalue weighted by Crippen LogP contribution is 2.69. The Labute approximate surface area is 259 Å². The summed E-state index contributed by atoms with van der Waals surface area (Å²) in [5.41, 5.74) is 7.40. The second-order valence-electron chi connectivity index (χ2n) is 12.8. The van der Waals surface area contributed by atoms with Gasteiger partial charge < -0.3 is 21.2 Å². The van der Waals surface area contributed by atoms with Crippen molar-refractivity contribution < 1.29 is 19.1 Å². The molecule has 232 valence electrons. The maximum absolute atomic E-state index is 14.1. The van der Waals surface area contributed by atoms with Gasteiger partial charge in [0.15, 0.2) is 0 Å². The van der Waals surface area contributed by atoms with Gasteiger partial charge in [0, 0.05) is 40.8 Å². The van der Waals surface area contributed by atoms with Crippen LogP contribution in [0.5, 0.6) is 0 Å². The van der Waals surface area contributed by atoms with E-state index in [9.17, 15) is 29.6 Å². The summed E-state index contributed by atoms with van der Waals surface area (Å²) in [5.74, 6) is 2.85. The molecule has 12 nitrogen and oxygen atoms in total. The van der Waals surface area contributed by atoms with E-state index in [-0.39, 0.29) is 56.3 Å². The number of rotatable bonds is 8. The predicted molar refractivity (Wildman–Crippen MR) is 164 cm³/mol. The monoisotopic (exact) mass is 611 g/mol. The van der Waals surface area contributed by atoms with Gasteiger partial charge in [-0.1, -0.05) is 26.8 Å². The summed E-state index contributed by atoms with van der Waals surface area (Å²) in [6.07, 6.45) is 4.60. The Morgan fingerprint density at radius 2 is 1.87 bits per heavy atom. The lowest BCUT2D eigenvalue weighted by Gasteiger charge is -2.33. The fourth-order valence-corrected chi connectivity index (χ4v) is 5.43. The number of nitriles is 2. The number of benzene rings is 1. The van der Waals surface area contributed by atoms with Crippen LogP contribution >= 0.6 is 0 Å². The van der Waals surface area contributed by atoms with E-state index < -0.39 is 23.9 Å². The molecule has 2 heterocycles. The van der Waals surface area contributed by atoms with E-state index in [0.29, 0.717) is 17.0 Å². The second-order valence-corrected chi connectivity index (χ2v) is 12.8. The molecule has 2 aliphatic rings. The summed E-state index contributed by atoms with van der Waals surface area (Å²) in [6, 6.07) is 8.01. The lowest BCUT2D eigenvalue weighted by Crippen LogP contribution is -2.43. The molecular weight excluding hydrogens is 577 g/mol. The van der Waals surface area contributed by atoms with Gasteiger partial charge in [0.1, 0.15) is 18.2 Å². The molecule has 2 aromatic heterocycles. The number of aryl methyl sites for hydroxylation is 1. The summed E-state index contributed by atoms with van der Waals surface area (Å²) >= 11 is 0. The number of pyridine rings is 2. The molecular formula is C32H34FN9O3. The number of halogens is 1. The smallest absolute Gasteiger partial charge is 0.395 e. The molecule has 5 rings (SSSR count). The standard InChI is InChI=1S/C32H34FN9O3/c1-16-22(6-7-25(33)39-16)28(24(36)15-41(37)32-10-20(32)11-32)42(29(43)30(44)45)21-8-18(12-34)26-23(9-21)27(19(13-35)14-38-26)40-17(2)31(3,4)5/h6-9,14-15,17,20,28H,10-11,36-37H2,1-5H3,(H,38,40)(H,44,45)/b24-15-/t17-,20?,28+,32?/m1/s1. The number of aromatic nitrogens is 2. The molecule has 2 saturated carbocycles. The quantitative estimate of drug-likeness (QED) is 0.124. The second kappa shape index (κ2) is 11.0. The van der Waals surface area contributed by atoms with Gasteiger partial charge in [0.05, 0.1) is 33.6 Å². The Balaban J connectivity index is 1.78. The van der Waals surface area contributed by atoms with Gasteiger partial charge in [-0.05, 0) is 56.2 Å². The van der Waals surface area contributed by atoms with Gasteiger partial charge in [0.25, 0.3) is 0 Å². The molecule has 0 spiro atoms. The number of carbonyl (C=O) groups excluding carboxylic acids is 1. The van der Waals surface area contributed by atoms with Crippen molar-refractivity contribution in [2.24, 2.45) is 22.9 Å². The summed E-state index contributed by atoms with van der Waals surface area (Å²) in [6.45, 7) is 9.51. The number of hydrogen-bond acceptors (Lipinski definition) is 10. The zero-order chi connectivity index (χ0) is 33.0.